The molecule has 0 N–H and O–H groups in total. The molecule has 0 atom stereocenters. The Morgan fingerprint density at radius 1 is 0.818 bits per heavy atom. The van der Waals surface area contributed by atoms with E-state index < -0.39 is 76.4 Å². The first-order valence-electron chi connectivity index (χ1n) is 12.7. The number of amides is 1. The van der Waals surface area contributed by atoms with Crippen LogP contribution in [0.4, 0.5) is 54.0 Å². The standard InChI is InChI=1S/C29H19ClF11NO2/c30-19-10-7-16(8-11-19)25(44)42(14-15-4-5-15)22-3-1-2-20(24(22)31)23(43)12-17-6-9-18(13-21(17)27(33,34)35)26(32,28(36,37)38)29(39,40)41/h1-3,6-11,13,15H,4-5,12,14H2. The molecule has 0 aromatic heterocycles. The molecule has 236 valence electrons. The van der Waals surface area contributed by atoms with Crippen LogP contribution in [0.5, 0.6) is 0 Å². The highest BCUT2D eigenvalue weighted by atomic mass is 35.5. The van der Waals surface area contributed by atoms with E-state index in [0.29, 0.717) is 5.02 Å². The summed E-state index contributed by atoms with van der Waals surface area (Å²) in [5.41, 5.74) is -12.9. The van der Waals surface area contributed by atoms with Crippen LogP contribution in [0.25, 0.3) is 0 Å². The van der Waals surface area contributed by atoms with Gasteiger partial charge in [0.05, 0.1) is 16.8 Å². The zero-order valence-corrected chi connectivity index (χ0v) is 22.7. The Labute approximate surface area is 247 Å². The fourth-order valence-corrected chi connectivity index (χ4v) is 4.63. The predicted molar refractivity (Wildman–Crippen MR) is 137 cm³/mol. The molecule has 0 heterocycles. The van der Waals surface area contributed by atoms with Gasteiger partial charge in [0.25, 0.3) is 5.91 Å². The molecule has 4 rings (SSSR count). The molecule has 0 aliphatic heterocycles. The first kappa shape index (κ1) is 33.2. The number of alkyl halides is 10. The summed E-state index contributed by atoms with van der Waals surface area (Å²) in [5, 5.41) is 0.314. The van der Waals surface area contributed by atoms with Crippen molar-refractivity contribution >= 4 is 29.0 Å². The summed E-state index contributed by atoms with van der Waals surface area (Å²) in [6.45, 7) is 0.0408. The Morgan fingerprint density at radius 2 is 1.41 bits per heavy atom. The summed E-state index contributed by atoms with van der Waals surface area (Å²) in [7, 11) is 0. The molecule has 1 aliphatic rings. The van der Waals surface area contributed by atoms with Crippen LogP contribution in [0.3, 0.4) is 0 Å². The first-order valence-corrected chi connectivity index (χ1v) is 13.1. The van der Waals surface area contributed by atoms with Gasteiger partial charge in [0.15, 0.2) is 11.6 Å². The van der Waals surface area contributed by atoms with Gasteiger partial charge in [-0.25, -0.2) is 8.78 Å². The van der Waals surface area contributed by atoms with Crippen LogP contribution in [-0.2, 0) is 18.3 Å². The van der Waals surface area contributed by atoms with Gasteiger partial charge in [0.2, 0.25) is 0 Å². The topological polar surface area (TPSA) is 37.4 Å². The molecule has 3 nitrogen and oxygen atoms in total. The van der Waals surface area contributed by atoms with Crippen LogP contribution in [0.2, 0.25) is 5.02 Å². The number of nitrogens with zero attached hydrogens (tertiary/aromatic N) is 1. The first-order chi connectivity index (χ1) is 20.3. The molecule has 0 radical (unpaired) electrons. The summed E-state index contributed by atoms with van der Waals surface area (Å²) in [6.07, 6.45) is -18.9. The second-order valence-corrected chi connectivity index (χ2v) is 10.6. The molecule has 15 heteroatoms. The number of carbonyl (C=O) groups is 2. The minimum absolute atomic E-state index is 0.00823. The highest BCUT2D eigenvalue weighted by molar-refractivity contribution is 6.30. The van der Waals surface area contributed by atoms with E-state index in [4.69, 9.17) is 11.6 Å². The van der Waals surface area contributed by atoms with Crippen LogP contribution in [0.1, 0.15) is 50.2 Å². The Morgan fingerprint density at radius 3 is 1.93 bits per heavy atom. The molecule has 1 saturated carbocycles. The van der Waals surface area contributed by atoms with Gasteiger partial charge in [-0.3, -0.25) is 9.59 Å². The minimum atomic E-state index is -6.68. The van der Waals surface area contributed by atoms with Crippen LogP contribution in [-0.4, -0.2) is 30.6 Å². The average Bonchev–Trinajstić information content (AvgIpc) is 3.74. The van der Waals surface area contributed by atoms with Gasteiger partial charge in [-0.15, -0.1) is 0 Å². The Bertz CT molecular complexity index is 1550. The minimum Gasteiger partial charge on any atom is -0.305 e. The summed E-state index contributed by atoms with van der Waals surface area (Å²) >= 11 is 5.85. The third kappa shape index (κ3) is 6.54. The number of Topliss-reactive ketones (excluding diaryl/α,β-unsaturated/α-hetero) is 1. The van der Waals surface area contributed by atoms with Gasteiger partial charge < -0.3 is 4.90 Å². The van der Waals surface area contributed by atoms with E-state index in [1.165, 1.54) is 24.3 Å². The van der Waals surface area contributed by atoms with Gasteiger partial charge in [0, 0.05) is 29.1 Å². The quantitative estimate of drug-likeness (QED) is 0.179. The van der Waals surface area contributed by atoms with E-state index >= 15 is 4.39 Å². The summed E-state index contributed by atoms with van der Waals surface area (Å²) in [5.74, 6) is -3.29. The maximum absolute atomic E-state index is 15.7. The monoisotopic (exact) mass is 657 g/mol. The fraction of sp³-hybridized carbons (Fsp3) is 0.310. The Balaban J connectivity index is 1.72. The molecule has 1 fully saturated rings. The van der Waals surface area contributed by atoms with Crippen molar-refractivity contribution in [3.63, 3.8) is 0 Å². The SMILES string of the molecule is O=C(Cc1ccc(C(F)(C(F)(F)F)C(F)(F)F)cc1C(F)(F)F)c1cccc(N(CC2CC2)C(=O)c2ccc(Cl)cc2)c1F. The largest absolute Gasteiger partial charge is 0.435 e. The van der Waals surface area contributed by atoms with Crippen molar-refractivity contribution in [2.24, 2.45) is 5.92 Å². The van der Waals surface area contributed by atoms with E-state index in [2.05, 4.69) is 0 Å². The molecule has 0 unspecified atom stereocenters. The predicted octanol–water partition coefficient (Wildman–Crippen LogP) is 9.27. The van der Waals surface area contributed by atoms with Crippen LogP contribution in [0, 0.1) is 11.7 Å². The van der Waals surface area contributed by atoms with Crippen molar-refractivity contribution in [2.75, 3.05) is 11.4 Å². The van der Waals surface area contributed by atoms with Gasteiger partial charge >= 0.3 is 24.2 Å². The molecular formula is C29H19ClF11NO2. The van der Waals surface area contributed by atoms with Gasteiger partial charge in [-0.2, -0.15) is 39.5 Å². The van der Waals surface area contributed by atoms with E-state index in [-0.39, 0.29) is 35.8 Å². The third-order valence-electron chi connectivity index (χ3n) is 6.99. The highest BCUT2D eigenvalue weighted by Crippen LogP contribution is 2.54. The lowest BCUT2D eigenvalue weighted by Crippen LogP contribution is -2.50. The third-order valence-corrected chi connectivity index (χ3v) is 7.24. The van der Waals surface area contributed by atoms with Crippen molar-refractivity contribution in [3.05, 3.63) is 99.3 Å². The van der Waals surface area contributed by atoms with Crippen molar-refractivity contribution in [1.82, 2.24) is 0 Å². The maximum atomic E-state index is 15.7. The summed E-state index contributed by atoms with van der Waals surface area (Å²) < 4.78 is 151. The molecule has 0 bridgehead atoms. The normalized spacial score (nSPS) is 14.5. The van der Waals surface area contributed by atoms with Gasteiger partial charge in [-0.05, 0) is 66.8 Å². The lowest BCUT2D eigenvalue weighted by Gasteiger charge is -2.31. The number of benzene rings is 3. The van der Waals surface area contributed by atoms with E-state index in [0.717, 1.165) is 35.9 Å². The maximum Gasteiger partial charge on any atom is 0.435 e. The van der Waals surface area contributed by atoms with Crippen molar-refractivity contribution in [2.45, 2.75) is 43.5 Å². The molecule has 44 heavy (non-hydrogen) atoms. The zero-order valence-electron chi connectivity index (χ0n) is 22.0. The Hall–Kier alpha value is -3.68. The van der Waals surface area contributed by atoms with E-state index in [9.17, 15) is 53.5 Å². The lowest BCUT2D eigenvalue weighted by molar-refractivity contribution is -0.348. The summed E-state index contributed by atoms with van der Waals surface area (Å²) in [4.78, 5) is 27.4. The molecule has 0 spiro atoms. The number of ketones is 1. The van der Waals surface area contributed by atoms with Gasteiger partial charge in [0.1, 0.15) is 0 Å². The van der Waals surface area contributed by atoms with Crippen molar-refractivity contribution in [1.29, 1.82) is 0 Å². The number of halogens is 12. The molecule has 1 aliphatic carbocycles. The highest BCUT2D eigenvalue weighted by Gasteiger charge is 2.73. The average molecular weight is 658 g/mol. The van der Waals surface area contributed by atoms with Crippen molar-refractivity contribution < 1.29 is 57.9 Å². The summed E-state index contributed by atoms with van der Waals surface area (Å²) in [6, 6.07) is 8.07. The van der Waals surface area contributed by atoms with Crippen LogP contribution in [0.15, 0.2) is 60.7 Å². The zero-order chi connectivity index (χ0) is 32.8. The van der Waals surface area contributed by atoms with Gasteiger partial charge in [-0.1, -0.05) is 29.8 Å². The molecule has 3 aromatic rings. The Kier molecular flexibility index (Phi) is 8.82. The molecule has 1 amide bonds. The number of hydrogen-bond acceptors (Lipinski definition) is 2. The smallest absolute Gasteiger partial charge is 0.305 e. The number of rotatable bonds is 8. The second-order valence-electron chi connectivity index (χ2n) is 10.1. The number of carbonyl (C=O) groups excluding carboxylic acids is 2. The van der Waals surface area contributed by atoms with E-state index in [1.807, 2.05) is 0 Å². The second kappa shape index (κ2) is 11.7. The molecule has 3 aromatic carbocycles. The number of anilines is 1. The van der Waals surface area contributed by atoms with Crippen LogP contribution < -0.4 is 4.90 Å². The lowest BCUT2D eigenvalue weighted by atomic mass is 9.89. The molecular weight excluding hydrogens is 639 g/mol. The fourth-order valence-electron chi connectivity index (χ4n) is 4.51. The van der Waals surface area contributed by atoms with Crippen molar-refractivity contribution in [3.8, 4) is 0 Å². The van der Waals surface area contributed by atoms with Crippen LogP contribution >= 0.6 is 11.6 Å². The number of hydrogen-bond donors (Lipinski definition) is 0. The van der Waals surface area contributed by atoms with E-state index in [1.54, 1.807) is 0 Å². The molecule has 0 saturated heterocycles.